The van der Waals surface area contributed by atoms with E-state index in [-0.39, 0.29) is 17.7 Å². The standard InChI is InChI=1S/C28H45N9O2/c1-3-5-14-30-15-7-8-16-31-17-9-19-32-26(38)22-12-10-21(11-13-22)20-37-25-23(34-28(37)39)24(29)35-27(36-25)33-18-6-4-2/h10-13,30-31H,3-9,14-20H2,1-2H3,(H,32,38)(H,34,39)(H3,29,33,35,36). The third-order valence-electron chi connectivity index (χ3n) is 6.45. The maximum absolute atomic E-state index is 12.5. The lowest BCUT2D eigenvalue weighted by Gasteiger charge is -2.09. The van der Waals surface area contributed by atoms with Crippen LogP contribution in [0.2, 0.25) is 0 Å². The van der Waals surface area contributed by atoms with E-state index in [9.17, 15) is 9.90 Å². The van der Waals surface area contributed by atoms with Gasteiger partial charge in [0.2, 0.25) is 5.95 Å². The SMILES string of the molecule is CCCCNCCCCNCCCNC(=O)c1ccc(Cn2c(O)nc3c(N)nc(NCCCC)nc32)cc1. The Morgan fingerprint density at radius 3 is 2.18 bits per heavy atom. The van der Waals surface area contributed by atoms with Gasteiger partial charge < -0.3 is 32.1 Å². The number of hydrogen-bond acceptors (Lipinski definition) is 9. The van der Waals surface area contributed by atoms with Crippen LogP contribution in [0.3, 0.4) is 0 Å². The molecule has 1 aromatic carbocycles. The number of unbranched alkanes of at least 4 members (excludes halogenated alkanes) is 3. The van der Waals surface area contributed by atoms with Gasteiger partial charge in [-0.05, 0) is 76.0 Å². The largest absolute Gasteiger partial charge is 0.480 e. The average molecular weight is 540 g/mol. The van der Waals surface area contributed by atoms with Gasteiger partial charge in [-0.25, -0.2) is 0 Å². The number of aromatic nitrogens is 4. The number of carbonyl (C=O) groups is 1. The van der Waals surface area contributed by atoms with Crippen LogP contribution >= 0.6 is 0 Å². The summed E-state index contributed by atoms with van der Waals surface area (Å²) in [4.78, 5) is 25.4. The number of fused-ring (bicyclic) bond motifs is 1. The number of nitrogens with one attached hydrogen (secondary N) is 4. The molecule has 0 fully saturated rings. The fourth-order valence-electron chi connectivity index (χ4n) is 4.13. The van der Waals surface area contributed by atoms with Gasteiger partial charge in [-0.15, -0.1) is 0 Å². The van der Waals surface area contributed by atoms with Gasteiger partial charge in [0, 0.05) is 18.7 Å². The third kappa shape index (κ3) is 9.67. The normalized spacial score (nSPS) is 11.2. The van der Waals surface area contributed by atoms with Gasteiger partial charge in [0.05, 0.1) is 6.54 Å². The van der Waals surface area contributed by atoms with Gasteiger partial charge in [-0.2, -0.15) is 15.0 Å². The van der Waals surface area contributed by atoms with E-state index in [4.69, 9.17) is 5.73 Å². The molecule has 3 aromatic rings. The van der Waals surface area contributed by atoms with Crippen molar-refractivity contribution >= 4 is 28.8 Å². The van der Waals surface area contributed by atoms with E-state index in [2.05, 4.69) is 50.1 Å². The molecule has 2 heterocycles. The lowest BCUT2D eigenvalue weighted by atomic mass is 10.1. The minimum absolute atomic E-state index is 0.0982. The van der Waals surface area contributed by atoms with E-state index in [0.29, 0.717) is 35.8 Å². The van der Waals surface area contributed by atoms with Crippen molar-refractivity contribution in [1.82, 2.24) is 35.5 Å². The number of carbonyl (C=O) groups excluding carboxylic acids is 1. The summed E-state index contributed by atoms with van der Waals surface area (Å²) in [6.45, 7) is 10.1. The van der Waals surface area contributed by atoms with Crippen molar-refractivity contribution in [1.29, 1.82) is 0 Å². The Balaban J connectivity index is 1.43. The number of benzene rings is 1. The Bertz CT molecular complexity index is 1150. The van der Waals surface area contributed by atoms with Gasteiger partial charge in [0.25, 0.3) is 11.9 Å². The quantitative estimate of drug-likeness (QED) is 0.126. The molecule has 0 saturated carbocycles. The highest BCUT2D eigenvalue weighted by molar-refractivity contribution is 5.94. The summed E-state index contributed by atoms with van der Waals surface area (Å²) < 4.78 is 1.59. The Labute approximate surface area is 231 Å². The van der Waals surface area contributed by atoms with E-state index in [1.165, 1.54) is 19.3 Å². The molecule has 11 heteroatoms. The van der Waals surface area contributed by atoms with Crippen molar-refractivity contribution < 1.29 is 9.90 Å². The van der Waals surface area contributed by atoms with E-state index < -0.39 is 0 Å². The molecule has 0 radical (unpaired) electrons. The zero-order valence-corrected chi connectivity index (χ0v) is 23.4. The van der Waals surface area contributed by atoms with Gasteiger partial charge >= 0.3 is 0 Å². The van der Waals surface area contributed by atoms with Crippen LogP contribution in [0.4, 0.5) is 11.8 Å². The molecule has 214 valence electrons. The second kappa shape index (κ2) is 16.5. The summed E-state index contributed by atoms with van der Waals surface area (Å²) in [5.74, 6) is 0.524. The number of imidazole rings is 1. The van der Waals surface area contributed by atoms with Crippen molar-refractivity contribution in [3.8, 4) is 6.01 Å². The zero-order valence-electron chi connectivity index (χ0n) is 23.4. The Hall–Kier alpha value is -3.44. The van der Waals surface area contributed by atoms with Gasteiger partial charge in [0.1, 0.15) is 0 Å². The number of nitrogen functional groups attached to an aromatic ring is 1. The highest BCUT2D eigenvalue weighted by Crippen LogP contribution is 2.25. The zero-order chi connectivity index (χ0) is 27.9. The van der Waals surface area contributed by atoms with Crippen molar-refractivity contribution in [3.05, 3.63) is 35.4 Å². The van der Waals surface area contributed by atoms with E-state index in [1.807, 2.05) is 12.1 Å². The molecule has 0 aliphatic heterocycles. The molecule has 7 N–H and O–H groups in total. The number of anilines is 2. The number of nitrogens with two attached hydrogens (primary N) is 1. The predicted molar refractivity (Wildman–Crippen MR) is 157 cm³/mol. The van der Waals surface area contributed by atoms with Gasteiger partial charge in [-0.3, -0.25) is 9.36 Å². The second-order valence-electron chi connectivity index (χ2n) is 9.75. The summed E-state index contributed by atoms with van der Waals surface area (Å²) in [5, 5.41) is 23.5. The first kappa shape index (κ1) is 30.1. The maximum Gasteiger partial charge on any atom is 0.296 e. The molecule has 11 nitrogen and oxygen atoms in total. The fourth-order valence-corrected chi connectivity index (χ4v) is 4.13. The van der Waals surface area contributed by atoms with Crippen LogP contribution in [0.1, 0.15) is 74.7 Å². The molecule has 39 heavy (non-hydrogen) atoms. The van der Waals surface area contributed by atoms with Gasteiger partial charge in [0.15, 0.2) is 17.0 Å². The van der Waals surface area contributed by atoms with Gasteiger partial charge in [-0.1, -0.05) is 38.8 Å². The number of rotatable bonds is 19. The summed E-state index contributed by atoms with van der Waals surface area (Å²) in [7, 11) is 0. The average Bonchev–Trinajstić information content (AvgIpc) is 3.25. The smallest absolute Gasteiger partial charge is 0.296 e. The number of amides is 1. The van der Waals surface area contributed by atoms with E-state index in [1.54, 1.807) is 16.7 Å². The molecule has 0 spiro atoms. The van der Waals surface area contributed by atoms with Crippen LogP contribution in [0.5, 0.6) is 6.01 Å². The molecule has 0 saturated heterocycles. The van der Waals surface area contributed by atoms with Crippen LogP contribution in [0.15, 0.2) is 24.3 Å². The number of hydrogen-bond donors (Lipinski definition) is 6. The molecule has 0 aliphatic carbocycles. The first-order chi connectivity index (χ1) is 19.0. The van der Waals surface area contributed by atoms with Crippen molar-refractivity contribution in [3.63, 3.8) is 0 Å². The van der Waals surface area contributed by atoms with Crippen molar-refractivity contribution in [2.75, 3.05) is 50.3 Å². The summed E-state index contributed by atoms with van der Waals surface area (Å²) in [5.41, 5.74) is 8.37. The predicted octanol–water partition coefficient (Wildman–Crippen LogP) is 3.25. The third-order valence-corrected chi connectivity index (χ3v) is 6.45. The molecule has 3 rings (SSSR count). The molecule has 0 bridgehead atoms. The van der Waals surface area contributed by atoms with Crippen molar-refractivity contribution in [2.45, 2.75) is 65.3 Å². The number of nitrogens with zero attached hydrogens (tertiary/aromatic N) is 4. The van der Waals surface area contributed by atoms with Crippen molar-refractivity contribution in [2.24, 2.45) is 0 Å². The monoisotopic (exact) mass is 539 g/mol. The Morgan fingerprint density at radius 2 is 1.49 bits per heavy atom. The summed E-state index contributed by atoms with van der Waals surface area (Å²) in [6.07, 6.45) is 7.72. The minimum Gasteiger partial charge on any atom is -0.480 e. The highest BCUT2D eigenvalue weighted by Gasteiger charge is 2.17. The molecule has 2 aromatic heterocycles. The molecular formula is C28H45N9O2. The van der Waals surface area contributed by atoms with Crippen LogP contribution in [0, 0.1) is 0 Å². The first-order valence-electron chi connectivity index (χ1n) is 14.3. The highest BCUT2D eigenvalue weighted by atomic mass is 16.3. The topological polar surface area (TPSA) is 155 Å². The summed E-state index contributed by atoms with van der Waals surface area (Å²) >= 11 is 0. The van der Waals surface area contributed by atoms with Crippen LogP contribution in [0.25, 0.3) is 11.2 Å². The Morgan fingerprint density at radius 1 is 0.846 bits per heavy atom. The molecular weight excluding hydrogens is 494 g/mol. The minimum atomic E-state index is -0.184. The Kier molecular flexibility index (Phi) is 12.7. The lowest BCUT2D eigenvalue weighted by molar-refractivity contribution is 0.0953. The van der Waals surface area contributed by atoms with Crippen LogP contribution in [-0.4, -0.2) is 69.8 Å². The van der Waals surface area contributed by atoms with E-state index in [0.717, 1.165) is 64.0 Å². The second-order valence-corrected chi connectivity index (χ2v) is 9.75. The van der Waals surface area contributed by atoms with Crippen LogP contribution in [-0.2, 0) is 6.54 Å². The maximum atomic E-state index is 12.5. The molecule has 0 aliphatic rings. The lowest BCUT2D eigenvalue weighted by Crippen LogP contribution is -2.27. The first-order valence-corrected chi connectivity index (χ1v) is 14.3. The number of aromatic hydroxyl groups is 1. The summed E-state index contributed by atoms with van der Waals surface area (Å²) in [6, 6.07) is 7.12. The van der Waals surface area contributed by atoms with Crippen LogP contribution < -0.4 is 27.0 Å². The molecule has 1 amide bonds. The molecule has 0 unspecified atom stereocenters. The molecule has 0 atom stereocenters. The fraction of sp³-hybridized carbons (Fsp3) is 0.571. The van der Waals surface area contributed by atoms with E-state index >= 15 is 0 Å².